The molecule has 12 heteroatoms. The summed E-state index contributed by atoms with van der Waals surface area (Å²) in [5, 5.41) is 3.65. The molecule has 2 N–H and O–H groups in total. The predicted octanol–water partition coefficient (Wildman–Crippen LogP) is 5.10. The molecule has 1 aromatic carbocycles. The highest BCUT2D eigenvalue weighted by Crippen LogP contribution is 2.37. The monoisotopic (exact) mass is 427 g/mol. The second-order valence-corrected chi connectivity index (χ2v) is 6.53. The molecule has 2 rings (SSSR count). The molecule has 1 aromatic heterocycles. The number of nitrogens with one attached hydrogen (secondary N) is 2. The highest BCUT2D eigenvalue weighted by Gasteiger charge is 2.29. The van der Waals surface area contributed by atoms with E-state index in [1.165, 1.54) is 0 Å². The number of hydrogen-bond donors (Lipinski definition) is 2. The number of aromatic nitrogens is 1. The van der Waals surface area contributed by atoms with Gasteiger partial charge >= 0.3 is 11.5 Å². The van der Waals surface area contributed by atoms with Gasteiger partial charge in [0.25, 0.3) is 5.91 Å². The Morgan fingerprint density at radius 3 is 2.27 bits per heavy atom. The molecule has 2 aromatic rings. The molecule has 0 bridgehead atoms. The van der Waals surface area contributed by atoms with Gasteiger partial charge in [-0.1, -0.05) is 23.2 Å². The highest BCUT2D eigenvalue weighted by atomic mass is 35.5. The van der Waals surface area contributed by atoms with Gasteiger partial charge in [0.2, 0.25) is 0 Å². The molecule has 0 atom stereocenters. The van der Waals surface area contributed by atoms with E-state index >= 15 is 0 Å². The molecule has 0 radical (unpaired) electrons. The molecule has 0 aliphatic carbocycles. The normalized spacial score (nSPS) is 11.2. The first-order chi connectivity index (χ1) is 12.1. The van der Waals surface area contributed by atoms with E-state index in [0.29, 0.717) is 6.07 Å². The molecule has 138 valence electrons. The fourth-order valence-corrected chi connectivity index (χ4v) is 2.84. The van der Waals surface area contributed by atoms with Gasteiger partial charge in [-0.25, -0.2) is 9.18 Å². The molecule has 1 heterocycles. The number of benzene rings is 1. The molecular formula is C14H7Cl2F4N3O2S. The van der Waals surface area contributed by atoms with E-state index in [4.69, 9.17) is 23.2 Å². The Morgan fingerprint density at radius 1 is 1.12 bits per heavy atom. The second kappa shape index (κ2) is 8.11. The Hall–Kier alpha value is -2.04. The zero-order valence-electron chi connectivity index (χ0n) is 12.3. The third-order valence-electron chi connectivity index (χ3n) is 2.73. The number of alkyl halides is 3. The molecule has 0 aliphatic rings. The summed E-state index contributed by atoms with van der Waals surface area (Å²) in [7, 11) is 0. The zero-order chi connectivity index (χ0) is 19.5. The summed E-state index contributed by atoms with van der Waals surface area (Å²) in [5.74, 6) is -2.08. The van der Waals surface area contributed by atoms with Crippen molar-refractivity contribution >= 4 is 52.6 Å². The lowest BCUT2D eigenvalue weighted by Crippen LogP contribution is -2.35. The van der Waals surface area contributed by atoms with Crippen molar-refractivity contribution in [3.05, 3.63) is 52.0 Å². The van der Waals surface area contributed by atoms with Crippen molar-refractivity contribution in [2.75, 3.05) is 5.32 Å². The van der Waals surface area contributed by atoms with E-state index in [1.54, 1.807) is 0 Å². The van der Waals surface area contributed by atoms with Crippen LogP contribution >= 0.6 is 35.0 Å². The molecule has 0 spiro atoms. The first-order valence-corrected chi connectivity index (χ1v) is 8.10. The Kier molecular flexibility index (Phi) is 6.32. The van der Waals surface area contributed by atoms with Crippen molar-refractivity contribution in [1.29, 1.82) is 0 Å². The van der Waals surface area contributed by atoms with Crippen LogP contribution in [-0.4, -0.2) is 22.4 Å². The molecule has 3 amide bonds. The summed E-state index contributed by atoms with van der Waals surface area (Å²) < 4.78 is 50.6. The van der Waals surface area contributed by atoms with Gasteiger partial charge in [-0.05, 0) is 30.0 Å². The Bertz CT molecular complexity index is 844. The van der Waals surface area contributed by atoms with Gasteiger partial charge in [0.15, 0.2) is 0 Å². The maximum absolute atomic E-state index is 13.8. The number of imide groups is 1. The predicted molar refractivity (Wildman–Crippen MR) is 89.1 cm³/mol. The van der Waals surface area contributed by atoms with Gasteiger partial charge in [0.1, 0.15) is 5.82 Å². The number of halogens is 6. The number of hydrogen-bond acceptors (Lipinski definition) is 4. The number of anilines is 1. The molecule has 26 heavy (non-hydrogen) atoms. The molecule has 0 fully saturated rings. The minimum atomic E-state index is -4.58. The van der Waals surface area contributed by atoms with Crippen LogP contribution in [0.25, 0.3) is 0 Å². The standard InChI is InChI=1S/C14H7Cl2F4N3O2S/c15-7-4-21-5-8(16)11(7)12(24)23-13(25)22-10-2-1-6(3-9(10)17)26-14(18,19)20/h1-5H,(H2,22,23,24,25). The van der Waals surface area contributed by atoms with Crippen LogP contribution in [0.5, 0.6) is 0 Å². The van der Waals surface area contributed by atoms with E-state index in [2.05, 4.69) is 4.98 Å². The zero-order valence-corrected chi connectivity index (χ0v) is 14.7. The number of carbonyl (C=O) groups is 2. The first kappa shape index (κ1) is 20.3. The third kappa shape index (κ3) is 5.48. The summed E-state index contributed by atoms with van der Waals surface area (Å²) >= 11 is 11.0. The van der Waals surface area contributed by atoms with Gasteiger partial charge in [-0.2, -0.15) is 13.2 Å². The lowest BCUT2D eigenvalue weighted by Gasteiger charge is -2.10. The van der Waals surface area contributed by atoms with E-state index < -0.39 is 45.6 Å². The van der Waals surface area contributed by atoms with Gasteiger partial charge in [0.05, 0.1) is 21.3 Å². The van der Waals surface area contributed by atoms with Crippen LogP contribution < -0.4 is 10.6 Å². The number of nitrogens with zero attached hydrogens (tertiary/aromatic N) is 1. The number of rotatable bonds is 3. The average Bonchev–Trinajstić information content (AvgIpc) is 2.48. The maximum Gasteiger partial charge on any atom is 0.446 e. The smallest absolute Gasteiger partial charge is 0.305 e. The number of carbonyl (C=O) groups excluding carboxylic acids is 2. The van der Waals surface area contributed by atoms with Gasteiger partial charge in [-0.3, -0.25) is 15.1 Å². The van der Waals surface area contributed by atoms with Gasteiger partial charge in [-0.15, -0.1) is 0 Å². The minimum Gasteiger partial charge on any atom is -0.305 e. The molecule has 0 saturated carbocycles. The minimum absolute atomic E-state index is 0.109. The summed E-state index contributed by atoms with van der Waals surface area (Å²) in [5.41, 5.74) is -5.21. The van der Waals surface area contributed by atoms with Crippen LogP contribution in [0.4, 0.5) is 28.0 Å². The van der Waals surface area contributed by atoms with Crippen LogP contribution in [-0.2, 0) is 0 Å². The SMILES string of the molecule is O=C(NC(=O)c1c(Cl)cncc1Cl)Nc1ccc(SC(F)(F)F)cc1F. The summed E-state index contributed by atoms with van der Waals surface area (Å²) in [6.45, 7) is 0. The van der Waals surface area contributed by atoms with Crippen molar-refractivity contribution in [3.8, 4) is 0 Å². The van der Waals surface area contributed by atoms with Crippen molar-refractivity contribution in [2.45, 2.75) is 10.4 Å². The first-order valence-electron chi connectivity index (χ1n) is 6.53. The van der Waals surface area contributed by atoms with E-state index in [1.807, 2.05) is 10.6 Å². The van der Waals surface area contributed by atoms with Crippen molar-refractivity contribution in [1.82, 2.24) is 10.3 Å². The Morgan fingerprint density at radius 2 is 1.73 bits per heavy atom. The summed E-state index contributed by atoms with van der Waals surface area (Å²) in [6, 6.07) is 1.37. The average molecular weight is 428 g/mol. The molecular weight excluding hydrogens is 421 g/mol. The number of urea groups is 1. The van der Waals surface area contributed by atoms with E-state index in [-0.39, 0.29) is 15.6 Å². The van der Waals surface area contributed by atoms with Gasteiger partial charge in [0, 0.05) is 17.3 Å². The van der Waals surface area contributed by atoms with Crippen LogP contribution in [0, 0.1) is 5.82 Å². The highest BCUT2D eigenvalue weighted by molar-refractivity contribution is 8.00. The quantitative estimate of drug-likeness (QED) is 0.527. The van der Waals surface area contributed by atoms with Crippen LogP contribution in [0.1, 0.15) is 10.4 Å². The van der Waals surface area contributed by atoms with E-state index in [0.717, 1.165) is 24.5 Å². The summed E-state index contributed by atoms with van der Waals surface area (Å²) in [4.78, 5) is 27.0. The molecule has 0 aliphatic heterocycles. The molecule has 0 unspecified atom stereocenters. The number of thioether (sulfide) groups is 1. The number of amides is 3. The lowest BCUT2D eigenvalue weighted by molar-refractivity contribution is -0.0328. The number of pyridine rings is 1. The van der Waals surface area contributed by atoms with Crippen molar-refractivity contribution in [2.24, 2.45) is 0 Å². The van der Waals surface area contributed by atoms with E-state index in [9.17, 15) is 27.2 Å². The molecule has 0 saturated heterocycles. The topological polar surface area (TPSA) is 71.1 Å². The van der Waals surface area contributed by atoms with Gasteiger partial charge < -0.3 is 5.32 Å². The Balaban J connectivity index is 2.07. The fourth-order valence-electron chi connectivity index (χ4n) is 1.74. The second-order valence-electron chi connectivity index (χ2n) is 4.58. The van der Waals surface area contributed by atoms with Crippen LogP contribution in [0.2, 0.25) is 10.0 Å². The molecule has 5 nitrogen and oxygen atoms in total. The van der Waals surface area contributed by atoms with Crippen molar-refractivity contribution < 1.29 is 27.2 Å². The third-order valence-corrected chi connectivity index (χ3v) is 4.02. The van der Waals surface area contributed by atoms with Crippen molar-refractivity contribution in [3.63, 3.8) is 0 Å². The van der Waals surface area contributed by atoms with Crippen LogP contribution in [0.15, 0.2) is 35.5 Å². The fraction of sp³-hybridized carbons (Fsp3) is 0.0714. The largest absolute Gasteiger partial charge is 0.446 e. The lowest BCUT2D eigenvalue weighted by atomic mass is 10.2. The maximum atomic E-state index is 13.8. The summed E-state index contributed by atoms with van der Waals surface area (Å²) in [6.07, 6.45) is 2.27. The van der Waals surface area contributed by atoms with Crippen LogP contribution in [0.3, 0.4) is 0 Å². The Labute approximate surface area is 158 Å².